The smallest absolute Gasteiger partial charge is 0.328 e. The van der Waals surface area contributed by atoms with E-state index in [1.165, 1.54) is 19.1 Å². The monoisotopic (exact) mass is 304 g/mol. The molecule has 0 saturated carbocycles. The Bertz CT molecular complexity index is 794. The van der Waals surface area contributed by atoms with Gasteiger partial charge in [-0.15, -0.1) is 0 Å². The zero-order chi connectivity index (χ0) is 16.3. The number of fused-ring (bicyclic) bond motifs is 1. The normalized spacial score (nSPS) is 10.6. The second kappa shape index (κ2) is 6.38. The number of ether oxygens (including phenoxy) is 1. The van der Waals surface area contributed by atoms with E-state index in [2.05, 4.69) is 0 Å². The minimum Gasteiger partial charge on any atom is -0.805 e. The van der Waals surface area contributed by atoms with Crippen LogP contribution in [0.4, 0.5) is 0 Å². The third kappa shape index (κ3) is 2.83. The van der Waals surface area contributed by atoms with Crippen LogP contribution in [-0.4, -0.2) is 16.5 Å². The van der Waals surface area contributed by atoms with Crippen molar-refractivity contribution in [3.8, 4) is 0 Å². The van der Waals surface area contributed by atoms with Crippen molar-refractivity contribution in [3.05, 3.63) is 45.8 Å². The maximum atomic E-state index is 12.4. The minimum absolute atomic E-state index is 0.0892. The Balaban J connectivity index is 2.58. The van der Waals surface area contributed by atoms with Gasteiger partial charge in [0, 0.05) is 24.3 Å². The standard InChI is InChI=1S/C15H16N2O5/c1-3-6-14(19)22-9-13-15(10(2)18)17(21)12-8-5-4-7-11(12)16(13)20/h4-5,7-8H,3,6,9H2,1-2H3. The first-order valence-electron chi connectivity index (χ1n) is 6.90. The fourth-order valence-electron chi connectivity index (χ4n) is 2.19. The van der Waals surface area contributed by atoms with Crippen LogP contribution in [0.25, 0.3) is 11.0 Å². The van der Waals surface area contributed by atoms with E-state index in [9.17, 15) is 19.7 Å². The Morgan fingerprint density at radius 1 is 1.32 bits per heavy atom. The number of hydrogen-bond acceptors (Lipinski definition) is 5. The molecule has 116 valence electrons. The summed E-state index contributed by atoms with van der Waals surface area (Å²) < 4.78 is 5.86. The number of nitrogens with zero attached hydrogens (tertiary/aromatic N) is 2. The second-order valence-corrected chi connectivity index (χ2v) is 4.84. The van der Waals surface area contributed by atoms with Gasteiger partial charge in [0.2, 0.25) is 5.78 Å². The summed E-state index contributed by atoms with van der Waals surface area (Å²) in [5.41, 5.74) is -0.265. The predicted octanol–water partition coefficient (Wildman–Crippen LogP) is 1.95. The molecular weight excluding hydrogens is 288 g/mol. The van der Waals surface area contributed by atoms with Gasteiger partial charge in [-0.3, -0.25) is 9.59 Å². The Morgan fingerprint density at radius 2 is 2.00 bits per heavy atom. The number of rotatable bonds is 5. The van der Waals surface area contributed by atoms with E-state index in [1.54, 1.807) is 12.1 Å². The zero-order valence-electron chi connectivity index (χ0n) is 12.4. The number of ketones is 1. The van der Waals surface area contributed by atoms with E-state index in [1.807, 2.05) is 6.92 Å². The van der Waals surface area contributed by atoms with Gasteiger partial charge in [-0.25, -0.2) is 0 Å². The fourth-order valence-corrected chi connectivity index (χ4v) is 2.19. The summed E-state index contributed by atoms with van der Waals surface area (Å²) in [4.78, 5) is 35.5. The molecule has 0 unspecified atom stereocenters. The van der Waals surface area contributed by atoms with E-state index in [-0.39, 0.29) is 28.8 Å². The molecular formula is C15H16N2O5. The van der Waals surface area contributed by atoms with Crippen LogP contribution in [0.5, 0.6) is 0 Å². The van der Waals surface area contributed by atoms with Gasteiger partial charge in [-0.1, -0.05) is 19.1 Å². The van der Waals surface area contributed by atoms with Crippen molar-refractivity contribution in [2.75, 3.05) is 0 Å². The summed E-state index contributed by atoms with van der Waals surface area (Å²) in [5.74, 6) is -1.05. The van der Waals surface area contributed by atoms with Gasteiger partial charge in [0.1, 0.15) is 17.8 Å². The van der Waals surface area contributed by atoms with E-state index in [0.29, 0.717) is 15.6 Å². The molecule has 0 amide bonds. The first-order chi connectivity index (χ1) is 10.5. The van der Waals surface area contributed by atoms with Crippen molar-refractivity contribution in [3.63, 3.8) is 0 Å². The molecule has 1 heterocycles. The van der Waals surface area contributed by atoms with E-state index >= 15 is 0 Å². The van der Waals surface area contributed by atoms with Gasteiger partial charge in [0.15, 0.2) is 0 Å². The lowest BCUT2D eigenvalue weighted by Gasteiger charge is -2.18. The Labute approximate surface area is 126 Å². The number of aromatic nitrogens is 2. The molecule has 0 bridgehead atoms. The van der Waals surface area contributed by atoms with Gasteiger partial charge >= 0.3 is 11.7 Å². The molecule has 0 aliphatic heterocycles. The van der Waals surface area contributed by atoms with Crippen molar-refractivity contribution < 1.29 is 18.8 Å². The van der Waals surface area contributed by atoms with Crippen molar-refractivity contribution >= 4 is 22.8 Å². The zero-order valence-corrected chi connectivity index (χ0v) is 12.4. The Hall–Kier alpha value is -2.70. The second-order valence-electron chi connectivity index (χ2n) is 4.84. The predicted molar refractivity (Wildman–Crippen MR) is 78.8 cm³/mol. The van der Waals surface area contributed by atoms with Crippen LogP contribution in [0.3, 0.4) is 0 Å². The maximum Gasteiger partial charge on any atom is 0.328 e. The maximum absolute atomic E-state index is 12.4. The summed E-state index contributed by atoms with van der Waals surface area (Å²) >= 11 is 0. The quantitative estimate of drug-likeness (QED) is 0.478. The summed E-state index contributed by atoms with van der Waals surface area (Å²) in [6.45, 7) is 2.60. The molecule has 7 heteroatoms. The molecule has 0 aliphatic rings. The Morgan fingerprint density at radius 3 is 2.64 bits per heavy atom. The molecule has 2 rings (SSSR count). The topological polar surface area (TPSA) is 94.3 Å². The highest BCUT2D eigenvalue weighted by Crippen LogP contribution is 2.16. The number of para-hydroxylation sites is 2. The molecule has 1 aromatic heterocycles. The van der Waals surface area contributed by atoms with Crippen LogP contribution < -0.4 is 4.43 Å². The number of Topliss-reactive ketones (excluding diaryl/α,β-unsaturated/α-hetero) is 1. The number of carbonyl (C=O) groups is 2. The molecule has 0 radical (unpaired) electrons. The van der Waals surface area contributed by atoms with E-state index < -0.39 is 18.4 Å². The van der Waals surface area contributed by atoms with Crippen molar-refractivity contribution in [1.29, 1.82) is 0 Å². The van der Waals surface area contributed by atoms with Gasteiger partial charge in [0.05, 0.1) is 4.43 Å². The summed E-state index contributed by atoms with van der Waals surface area (Å²) in [7, 11) is 0. The van der Waals surface area contributed by atoms with Crippen molar-refractivity contribution in [2.45, 2.75) is 33.3 Å². The van der Waals surface area contributed by atoms with Gasteiger partial charge < -0.3 is 14.7 Å². The largest absolute Gasteiger partial charge is 0.805 e. The molecule has 0 saturated heterocycles. The molecule has 0 atom stereocenters. The molecule has 0 aliphatic carbocycles. The third-order valence-corrected chi connectivity index (χ3v) is 3.20. The summed E-state index contributed by atoms with van der Waals surface area (Å²) in [6, 6.07) is 6.13. The fraction of sp³-hybridized carbons (Fsp3) is 0.333. The van der Waals surface area contributed by atoms with E-state index in [0.717, 1.165) is 0 Å². The van der Waals surface area contributed by atoms with Crippen LogP contribution in [0.15, 0.2) is 24.3 Å². The average molecular weight is 304 g/mol. The van der Waals surface area contributed by atoms with Crippen LogP contribution >= 0.6 is 0 Å². The Kier molecular flexibility index (Phi) is 4.55. The molecule has 0 fully saturated rings. The third-order valence-electron chi connectivity index (χ3n) is 3.20. The van der Waals surface area contributed by atoms with Crippen molar-refractivity contribution in [2.24, 2.45) is 0 Å². The number of carbonyl (C=O) groups excluding carboxylic acids is 2. The van der Waals surface area contributed by atoms with Gasteiger partial charge in [-0.2, -0.15) is 0 Å². The van der Waals surface area contributed by atoms with Gasteiger partial charge in [0.25, 0.3) is 5.52 Å². The van der Waals surface area contributed by atoms with Crippen LogP contribution in [0, 0.1) is 10.1 Å². The van der Waals surface area contributed by atoms with Crippen LogP contribution in [0.1, 0.15) is 42.9 Å². The average Bonchev–Trinajstić information content (AvgIpc) is 2.49. The highest BCUT2D eigenvalue weighted by atomic mass is 16.5. The minimum atomic E-state index is -0.563. The van der Waals surface area contributed by atoms with Crippen LogP contribution in [0.2, 0.25) is 0 Å². The van der Waals surface area contributed by atoms with E-state index in [4.69, 9.17) is 4.74 Å². The summed E-state index contributed by atoms with van der Waals surface area (Å²) in [5, 5.41) is 12.4. The van der Waals surface area contributed by atoms with Crippen molar-refractivity contribution in [1.82, 2.24) is 4.73 Å². The molecule has 7 nitrogen and oxygen atoms in total. The molecule has 0 spiro atoms. The highest BCUT2D eigenvalue weighted by molar-refractivity contribution is 5.93. The lowest BCUT2D eigenvalue weighted by atomic mass is 10.2. The van der Waals surface area contributed by atoms with Crippen LogP contribution in [-0.2, 0) is 16.1 Å². The number of hydrogen-bond donors (Lipinski definition) is 0. The SMILES string of the molecule is CCCC(=O)OCc1c(C(C)=O)[n+](=O)c2ccccc2n1[O-]. The number of benzene rings is 1. The highest BCUT2D eigenvalue weighted by Gasteiger charge is 2.26. The molecule has 1 aromatic carbocycles. The number of esters is 1. The first kappa shape index (κ1) is 15.7. The lowest BCUT2D eigenvalue weighted by molar-refractivity contribution is -0.468. The van der Waals surface area contributed by atoms with Gasteiger partial charge in [-0.05, 0) is 12.5 Å². The molecule has 22 heavy (non-hydrogen) atoms. The summed E-state index contributed by atoms with van der Waals surface area (Å²) in [6.07, 6.45) is 0.814. The molecule has 2 aromatic rings. The lowest BCUT2D eigenvalue weighted by Crippen LogP contribution is -2.31. The first-order valence-corrected chi connectivity index (χ1v) is 6.90. The molecule has 0 N–H and O–H groups in total.